The smallest absolute Gasteiger partial charge is 0.0623 e. The Morgan fingerprint density at radius 3 is 1.87 bits per heavy atom. The number of rotatable bonds is 2. The van der Waals surface area contributed by atoms with Crippen LogP contribution >= 0.6 is 0 Å². The molecule has 0 spiro atoms. The molecule has 0 radical (unpaired) electrons. The first kappa shape index (κ1) is 30.4. The zero-order chi connectivity index (χ0) is 36.2. The van der Waals surface area contributed by atoms with Gasteiger partial charge >= 0.3 is 0 Å². The Hall–Kier alpha value is -7.04. The van der Waals surface area contributed by atoms with Crippen LogP contribution in [0.2, 0.25) is 0 Å². The van der Waals surface area contributed by atoms with Crippen LogP contribution < -0.4 is 20.0 Å². The van der Waals surface area contributed by atoms with Crippen LogP contribution in [0.5, 0.6) is 0 Å². The number of nitrogens with zero attached hydrogens (tertiary/aromatic N) is 3. The lowest BCUT2D eigenvalue weighted by molar-refractivity contribution is 0.669. The van der Waals surface area contributed by atoms with Crippen LogP contribution in [0.4, 0.5) is 51.2 Å². The minimum absolute atomic E-state index is 0.196. The van der Waals surface area contributed by atoms with Crippen molar-refractivity contribution < 1.29 is 0 Å². The van der Waals surface area contributed by atoms with Crippen molar-refractivity contribution in [3.63, 3.8) is 0 Å². The molecule has 7 aromatic rings. The predicted octanol–water partition coefficient (Wildman–Crippen LogP) is 13.5. The molecule has 0 saturated heterocycles. The second-order valence-corrected chi connectivity index (χ2v) is 15.1. The van der Waals surface area contributed by atoms with E-state index in [4.69, 9.17) is 0 Å². The normalized spacial score (nSPS) is 17.7. The highest BCUT2D eigenvalue weighted by Crippen LogP contribution is 2.56. The molecule has 2 unspecified atom stereocenters. The van der Waals surface area contributed by atoms with Crippen LogP contribution in [0.15, 0.2) is 164 Å². The summed E-state index contributed by atoms with van der Waals surface area (Å²) < 4.78 is 0. The minimum atomic E-state index is 0.196. The van der Waals surface area contributed by atoms with Gasteiger partial charge in [0.15, 0.2) is 0 Å². The Balaban J connectivity index is 0.977. The van der Waals surface area contributed by atoms with Gasteiger partial charge in [-0.05, 0) is 82.4 Å². The summed E-state index contributed by atoms with van der Waals surface area (Å²) in [4.78, 5) is 7.30. The summed E-state index contributed by atoms with van der Waals surface area (Å²) in [5.41, 5.74) is 19.3. The molecule has 1 aliphatic carbocycles. The molecule has 0 amide bonds. The zero-order valence-corrected chi connectivity index (χ0v) is 30.3. The standard InChI is InChI=1S/C51H36N4/c1-53-48-29-28-42-50-40(38-24-22-36(30-43(38)52-42)54-44-14-6-2-10-32(44)18-19-33-11-3-7-15-45(33)54)26-27-41(51(48)50)39-25-23-37(31-49(39)53)55-46-16-8-4-12-34(46)20-21-35-13-5-9-17-47(35)55/h2-32,44,52H,1H3. The maximum atomic E-state index is 3.91. The van der Waals surface area contributed by atoms with Crippen LogP contribution in [0.25, 0.3) is 51.3 Å². The summed E-state index contributed by atoms with van der Waals surface area (Å²) in [6.07, 6.45) is 18.1. The van der Waals surface area contributed by atoms with Crippen molar-refractivity contribution in [3.05, 3.63) is 181 Å². The Morgan fingerprint density at radius 1 is 0.455 bits per heavy atom. The maximum Gasteiger partial charge on any atom is 0.0623 e. The van der Waals surface area contributed by atoms with Gasteiger partial charge < -0.3 is 20.0 Å². The summed E-state index contributed by atoms with van der Waals surface area (Å²) >= 11 is 0. The third kappa shape index (κ3) is 4.40. The van der Waals surface area contributed by atoms with Crippen molar-refractivity contribution in [1.29, 1.82) is 0 Å². The van der Waals surface area contributed by atoms with Gasteiger partial charge in [0.25, 0.3) is 0 Å². The number of hydrogen-bond acceptors (Lipinski definition) is 4. The topological polar surface area (TPSA) is 21.8 Å². The van der Waals surface area contributed by atoms with E-state index in [0.717, 1.165) is 17.1 Å². The van der Waals surface area contributed by atoms with E-state index >= 15 is 0 Å². The van der Waals surface area contributed by atoms with E-state index in [9.17, 15) is 0 Å². The van der Waals surface area contributed by atoms with Crippen LogP contribution in [0.3, 0.4) is 0 Å². The second-order valence-electron chi connectivity index (χ2n) is 15.1. The van der Waals surface area contributed by atoms with Crippen LogP contribution in [0.1, 0.15) is 16.7 Å². The first-order chi connectivity index (χ1) is 27.2. The molecule has 7 aromatic carbocycles. The Bertz CT molecular complexity index is 2860. The molecular formula is C51H36N4. The lowest BCUT2D eigenvalue weighted by atomic mass is 9.84. The molecule has 2 atom stereocenters. The molecule has 260 valence electrons. The highest BCUT2D eigenvalue weighted by atomic mass is 15.2. The summed E-state index contributed by atoms with van der Waals surface area (Å²) in [5.74, 6) is 0.294. The summed E-state index contributed by atoms with van der Waals surface area (Å²) in [6, 6.07) is 49.5. The molecule has 0 saturated carbocycles. The third-order valence-electron chi connectivity index (χ3n) is 12.2. The van der Waals surface area contributed by atoms with E-state index in [1.165, 1.54) is 83.8 Å². The summed E-state index contributed by atoms with van der Waals surface area (Å²) in [6.45, 7) is 0. The van der Waals surface area contributed by atoms with Crippen molar-refractivity contribution in [3.8, 4) is 22.3 Å². The number of allylic oxidation sites excluding steroid dienone is 2. The zero-order valence-electron chi connectivity index (χ0n) is 30.3. The molecule has 1 N–H and O–H groups in total. The molecular weight excluding hydrogens is 669 g/mol. The number of hydrogen-bond donors (Lipinski definition) is 1. The number of benzene rings is 7. The average molecular weight is 705 g/mol. The van der Waals surface area contributed by atoms with Gasteiger partial charge in [0.1, 0.15) is 0 Å². The number of fused-ring (bicyclic) bond motifs is 8. The molecule has 12 rings (SSSR count). The molecule has 5 aliphatic rings. The monoisotopic (exact) mass is 704 g/mol. The Kier molecular flexibility index (Phi) is 6.35. The maximum absolute atomic E-state index is 3.91. The third-order valence-corrected chi connectivity index (χ3v) is 12.2. The van der Waals surface area contributed by atoms with E-state index < -0.39 is 0 Å². The molecule has 0 aromatic heterocycles. The summed E-state index contributed by atoms with van der Waals surface area (Å²) in [7, 11) is 2.22. The Labute approximate surface area is 320 Å². The largest absolute Gasteiger partial charge is 0.354 e. The highest BCUT2D eigenvalue weighted by molar-refractivity contribution is 6.22. The predicted molar refractivity (Wildman–Crippen MR) is 233 cm³/mol. The van der Waals surface area contributed by atoms with Gasteiger partial charge in [0.2, 0.25) is 0 Å². The molecule has 4 heteroatoms. The molecule has 4 aliphatic heterocycles. The SMILES string of the molecule is CN1c2cc(N3c4ccccc4C=Cc4ccccc43)ccc2-c2ccc3c4c(ccc1c24)Nc1cc(N2c4ccccc4C=CC4C=CC=CC42)ccc1-3. The van der Waals surface area contributed by atoms with E-state index in [2.05, 4.69) is 209 Å². The minimum Gasteiger partial charge on any atom is -0.354 e. The number of nitrogens with one attached hydrogen (secondary N) is 1. The van der Waals surface area contributed by atoms with Gasteiger partial charge in [-0.3, -0.25) is 0 Å². The van der Waals surface area contributed by atoms with Crippen molar-refractivity contribution in [2.24, 2.45) is 5.92 Å². The van der Waals surface area contributed by atoms with Gasteiger partial charge in [-0.25, -0.2) is 0 Å². The molecule has 4 nitrogen and oxygen atoms in total. The quantitative estimate of drug-likeness (QED) is 0.193. The van der Waals surface area contributed by atoms with Gasteiger partial charge in [-0.15, -0.1) is 0 Å². The van der Waals surface area contributed by atoms with Crippen molar-refractivity contribution >= 4 is 80.2 Å². The Morgan fingerprint density at radius 2 is 1.09 bits per heavy atom. The van der Waals surface area contributed by atoms with Crippen molar-refractivity contribution in [2.75, 3.05) is 27.1 Å². The first-order valence-electron chi connectivity index (χ1n) is 19.2. The van der Waals surface area contributed by atoms with Crippen molar-refractivity contribution in [2.45, 2.75) is 6.04 Å². The number of anilines is 9. The molecule has 0 fully saturated rings. The fourth-order valence-electron chi connectivity index (χ4n) is 9.60. The van der Waals surface area contributed by atoms with E-state index in [1.54, 1.807) is 0 Å². The van der Waals surface area contributed by atoms with Gasteiger partial charge in [-0.2, -0.15) is 0 Å². The fraction of sp³-hybridized carbons (Fsp3) is 0.0588. The van der Waals surface area contributed by atoms with E-state index in [-0.39, 0.29) is 6.04 Å². The highest BCUT2D eigenvalue weighted by Gasteiger charge is 2.32. The van der Waals surface area contributed by atoms with Gasteiger partial charge in [0.05, 0.1) is 23.1 Å². The fourth-order valence-corrected chi connectivity index (χ4v) is 9.60. The molecule has 4 heterocycles. The first-order valence-corrected chi connectivity index (χ1v) is 19.2. The van der Waals surface area contributed by atoms with Crippen LogP contribution in [-0.2, 0) is 0 Å². The lowest BCUT2D eigenvalue weighted by Gasteiger charge is -2.37. The van der Waals surface area contributed by atoms with E-state index in [1.807, 2.05) is 0 Å². The molecule has 55 heavy (non-hydrogen) atoms. The van der Waals surface area contributed by atoms with Gasteiger partial charge in [-0.1, -0.05) is 127 Å². The van der Waals surface area contributed by atoms with Crippen molar-refractivity contribution in [1.82, 2.24) is 0 Å². The second kappa shape index (κ2) is 11.5. The number of para-hydroxylation sites is 3. The average Bonchev–Trinajstić information content (AvgIpc) is 3.51. The lowest BCUT2D eigenvalue weighted by Crippen LogP contribution is -2.35. The molecule has 0 bridgehead atoms. The summed E-state index contributed by atoms with van der Waals surface area (Å²) in [5, 5.41) is 6.48. The van der Waals surface area contributed by atoms with Crippen LogP contribution in [-0.4, -0.2) is 13.1 Å². The van der Waals surface area contributed by atoms with Crippen LogP contribution in [0, 0.1) is 5.92 Å². The van der Waals surface area contributed by atoms with Gasteiger partial charge in [0, 0.05) is 69.0 Å². The van der Waals surface area contributed by atoms with E-state index in [0.29, 0.717) is 5.92 Å².